The third kappa shape index (κ3) is 2.62. The van der Waals surface area contributed by atoms with Gasteiger partial charge in [-0.1, -0.05) is 6.07 Å². The topological polar surface area (TPSA) is 101 Å². The molecule has 2 aromatic rings. The summed E-state index contributed by atoms with van der Waals surface area (Å²) in [7, 11) is -2.59. The first-order chi connectivity index (χ1) is 9.31. The van der Waals surface area contributed by atoms with Crippen molar-refractivity contribution in [3.05, 3.63) is 42.0 Å². The normalized spacial score (nSPS) is 11.3. The van der Waals surface area contributed by atoms with Gasteiger partial charge in [0.15, 0.2) is 0 Å². The molecular weight excluding hydrogens is 289 g/mol. The first-order valence-electron chi connectivity index (χ1n) is 5.34. The van der Waals surface area contributed by atoms with Gasteiger partial charge in [-0.25, -0.2) is 17.6 Å². The second-order valence-electron chi connectivity index (χ2n) is 3.92. The van der Waals surface area contributed by atoms with E-state index >= 15 is 0 Å². The van der Waals surface area contributed by atoms with Crippen molar-refractivity contribution in [1.29, 1.82) is 0 Å². The minimum atomic E-state index is -4.11. The molecule has 2 rings (SSSR count). The number of benzene rings is 1. The number of carboxylic acids is 1. The number of aromatic nitrogens is 2. The highest BCUT2D eigenvalue weighted by Gasteiger charge is 2.22. The molecule has 0 bridgehead atoms. The van der Waals surface area contributed by atoms with Crippen LogP contribution in [-0.4, -0.2) is 29.3 Å². The molecule has 0 aliphatic carbocycles. The summed E-state index contributed by atoms with van der Waals surface area (Å²) in [6.45, 7) is 0. The molecular formula is C11H10FN3O4S. The third-order valence-corrected chi connectivity index (χ3v) is 3.78. The number of para-hydroxylation sites is 1. The predicted octanol–water partition coefficient (Wildman–Crippen LogP) is 1.06. The summed E-state index contributed by atoms with van der Waals surface area (Å²) in [5, 5.41) is 12.6. The van der Waals surface area contributed by atoms with E-state index in [1.165, 1.54) is 24.0 Å². The van der Waals surface area contributed by atoms with Crippen LogP contribution in [0.2, 0.25) is 0 Å². The quantitative estimate of drug-likeness (QED) is 0.879. The molecule has 1 aromatic heterocycles. The molecule has 0 saturated carbocycles. The van der Waals surface area contributed by atoms with Crippen LogP contribution in [0.15, 0.2) is 35.5 Å². The molecule has 20 heavy (non-hydrogen) atoms. The predicted molar refractivity (Wildman–Crippen MR) is 67.4 cm³/mol. The molecule has 9 heteroatoms. The Morgan fingerprint density at radius 1 is 1.45 bits per heavy atom. The molecule has 0 spiro atoms. The fourth-order valence-electron chi connectivity index (χ4n) is 1.54. The number of hydrogen-bond acceptors (Lipinski definition) is 4. The van der Waals surface area contributed by atoms with Gasteiger partial charge in [-0.3, -0.25) is 9.40 Å². The Bertz CT molecular complexity index is 770. The van der Waals surface area contributed by atoms with Gasteiger partial charge < -0.3 is 5.11 Å². The zero-order valence-electron chi connectivity index (χ0n) is 10.2. The van der Waals surface area contributed by atoms with Crippen LogP contribution in [0.3, 0.4) is 0 Å². The summed E-state index contributed by atoms with van der Waals surface area (Å²) in [5.74, 6) is -2.41. The number of carbonyl (C=O) groups is 1. The molecule has 0 fully saturated rings. The van der Waals surface area contributed by atoms with Crippen molar-refractivity contribution >= 4 is 21.7 Å². The molecule has 106 valence electrons. The van der Waals surface area contributed by atoms with E-state index in [9.17, 15) is 17.6 Å². The fourth-order valence-corrected chi connectivity index (χ4v) is 2.61. The number of rotatable bonds is 4. The van der Waals surface area contributed by atoms with Gasteiger partial charge in [0.2, 0.25) is 0 Å². The van der Waals surface area contributed by atoms with Gasteiger partial charge in [0.25, 0.3) is 10.0 Å². The van der Waals surface area contributed by atoms with E-state index in [4.69, 9.17) is 5.11 Å². The molecule has 0 amide bonds. The summed E-state index contributed by atoms with van der Waals surface area (Å²) in [4.78, 5) is 10.8. The standard InChI is InChI=1S/C11H10FN3O4S/c1-15-6-7(5-13-15)20(18,19)14-10-8(11(16)17)3-2-4-9(10)12/h2-6,14H,1H3,(H,16,17). The van der Waals surface area contributed by atoms with Crippen LogP contribution in [0, 0.1) is 5.82 Å². The van der Waals surface area contributed by atoms with E-state index in [-0.39, 0.29) is 4.90 Å². The molecule has 0 unspecified atom stereocenters. The van der Waals surface area contributed by atoms with Crippen LogP contribution >= 0.6 is 0 Å². The van der Waals surface area contributed by atoms with Gasteiger partial charge in [-0.2, -0.15) is 5.10 Å². The summed E-state index contributed by atoms with van der Waals surface area (Å²) in [5.41, 5.74) is -1.08. The van der Waals surface area contributed by atoms with Gasteiger partial charge in [0, 0.05) is 13.2 Å². The Hall–Kier alpha value is -2.42. The zero-order chi connectivity index (χ0) is 14.9. The minimum Gasteiger partial charge on any atom is -0.478 e. The van der Waals surface area contributed by atoms with Crippen molar-refractivity contribution in [2.45, 2.75) is 4.90 Å². The number of carboxylic acid groups (broad SMARTS) is 1. The number of nitrogens with one attached hydrogen (secondary N) is 1. The number of sulfonamides is 1. The molecule has 0 radical (unpaired) electrons. The first kappa shape index (κ1) is 14.0. The van der Waals surface area contributed by atoms with Gasteiger partial charge in [-0.05, 0) is 12.1 Å². The van der Waals surface area contributed by atoms with Gasteiger partial charge in [-0.15, -0.1) is 0 Å². The lowest BCUT2D eigenvalue weighted by molar-refractivity contribution is 0.0697. The van der Waals surface area contributed by atoms with Crippen LogP contribution in [0.25, 0.3) is 0 Å². The third-order valence-electron chi connectivity index (χ3n) is 2.47. The summed E-state index contributed by atoms with van der Waals surface area (Å²) in [6.07, 6.45) is 2.28. The molecule has 0 atom stereocenters. The molecule has 1 heterocycles. The summed E-state index contributed by atoms with van der Waals surface area (Å²) >= 11 is 0. The number of halogens is 1. The van der Waals surface area contributed by atoms with E-state index in [2.05, 4.69) is 5.10 Å². The van der Waals surface area contributed by atoms with E-state index in [1.54, 1.807) is 0 Å². The second kappa shape index (κ2) is 4.93. The summed E-state index contributed by atoms with van der Waals surface area (Å²) in [6, 6.07) is 3.25. The van der Waals surface area contributed by atoms with Gasteiger partial charge >= 0.3 is 5.97 Å². The van der Waals surface area contributed by atoms with Gasteiger partial charge in [0.05, 0.1) is 17.4 Å². The van der Waals surface area contributed by atoms with Crippen molar-refractivity contribution < 1.29 is 22.7 Å². The lowest BCUT2D eigenvalue weighted by Crippen LogP contribution is -2.16. The number of aryl methyl sites for hydroxylation is 1. The van der Waals surface area contributed by atoms with E-state index in [0.29, 0.717) is 0 Å². The van der Waals surface area contributed by atoms with Crippen molar-refractivity contribution in [3.8, 4) is 0 Å². The first-order valence-corrected chi connectivity index (χ1v) is 6.83. The highest BCUT2D eigenvalue weighted by Crippen LogP contribution is 2.23. The number of hydrogen-bond donors (Lipinski definition) is 2. The lowest BCUT2D eigenvalue weighted by atomic mass is 10.2. The van der Waals surface area contributed by atoms with Crippen molar-refractivity contribution in [3.63, 3.8) is 0 Å². The Morgan fingerprint density at radius 3 is 2.70 bits per heavy atom. The summed E-state index contributed by atoms with van der Waals surface area (Å²) < 4.78 is 40.9. The highest BCUT2D eigenvalue weighted by molar-refractivity contribution is 7.92. The second-order valence-corrected chi connectivity index (χ2v) is 5.61. The monoisotopic (exact) mass is 299 g/mol. The Labute approximate surface area is 113 Å². The van der Waals surface area contributed by atoms with Crippen molar-refractivity contribution in [2.24, 2.45) is 7.05 Å². The minimum absolute atomic E-state index is 0.195. The van der Waals surface area contributed by atoms with Crippen LogP contribution in [0.5, 0.6) is 0 Å². The Morgan fingerprint density at radius 2 is 2.15 bits per heavy atom. The maximum absolute atomic E-state index is 13.7. The van der Waals surface area contributed by atoms with Crippen LogP contribution < -0.4 is 4.72 Å². The van der Waals surface area contributed by atoms with Crippen LogP contribution in [0.1, 0.15) is 10.4 Å². The molecule has 2 N–H and O–H groups in total. The molecule has 0 aliphatic rings. The number of nitrogens with zero attached hydrogens (tertiary/aromatic N) is 2. The zero-order valence-corrected chi connectivity index (χ0v) is 11.1. The van der Waals surface area contributed by atoms with Gasteiger partial charge in [0.1, 0.15) is 10.7 Å². The SMILES string of the molecule is Cn1cc(S(=O)(=O)Nc2c(F)cccc2C(=O)O)cn1. The largest absolute Gasteiger partial charge is 0.478 e. The maximum Gasteiger partial charge on any atom is 0.337 e. The van der Waals surface area contributed by atoms with Crippen molar-refractivity contribution in [1.82, 2.24) is 9.78 Å². The molecule has 0 aliphatic heterocycles. The number of anilines is 1. The smallest absolute Gasteiger partial charge is 0.337 e. The Balaban J connectivity index is 2.47. The molecule has 7 nitrogen and oxygen atoms in total. The average Bonchev–Trinajstić information content (AvgIpc) is 2.79. The van der Waals surface area contributed by atoms with E-state index in [0.717, 1.165) is 18.3 Å². The van der Waals surface area contributed by atoms with Crippen LogP contribution in [0.4, 0.5) is 10.1 Å². The average molecular weight is 299 g/mol. The lowest BCUT2D eigenvalue weighted by Gasteiger charge is -2.10. The Kier molecular flexibility index (Phi) is 3.45. The fraction of sp³-hybridized carbons (Fsp3) is 0.0909. The molecule has 0 saturated heterocycles. The van der Waals surface area contributed by atoms with E-state index < -0.39 is 33.1 Å². The van der Waals surface area contributed by atoms with E-state index in [1.807, 2.05) is 4.72 Å². The van der Waals surface area contributed by atoms with Crippen LogP contribution in [-0.2, 0) is 17.1 Å². The highest BCUT2D eigenvalue weighted by atomic mass is 32.2. The van der Waals surface area contributed by atoms with Crippen molar-refractivity contribution in [2.75, 3.05) is 4.72 Å². The molecule has 1 aromatic carbocycles. The number of aromatic carboxylic acids is 1. The maximum atomic E-state index is 13.7.